The lowest BCUT2D eigenvalue weighted by Gasteiger charge is -2.19. The largest absolute Gasteiger partial charge is 0.469 e. The molecule has 1 heterocycles. The number of ether oxygens (including phenoxy) is 1. The molecule has 1 aromatic carbocycles. The number of hydrogen-bond donors (Lipinski definition) is 3. The van der Waals surface area contributed by atoms with Gasteiger partial charge in [-0.25, -0.2) is 9.18 Å². The number of benzene rings is 1. The number of halogens is 1. The Hall–Kier alpha value is -3.36. The van der Waals surface area contributed by atoms with E-state index in [0.29, 0.717) is 11.4 Å². The van der Waals surface area contributed by atoms with E-state index in [1.54, 1.807) is 27.7 Å². The van der Waals surface area contributed by atoms with Crippen LogP contribution in [0.2, 0.25) is 0 Å². The highest BCUT2D eigenvalue weighted by molar-refractivity contribution is 6.05. The van der Waals surface area contributed by atoms with E-state index in [9.17, 15) is 18.8 Å². The van der Waals surface area contributed by atoms with E-state index in [1.807, 2.05) is 0 Å². The summed E-state index contributed by atoms with van der Waals surface area (Å²) in [5.41, 5.74) is -0.128. The van der Waals surface area contributed by atoms with Crippen molar-refractivity contribution in [3.63, 3.8) is 0 Å². The van der Waals surface area contributed by atoms with Crippen molar-refractivity contribution in [3.05, 3.63) is 47.7 Å². The zero-order valence-electron chi connectivity index (χ0n) is 16.7. The highest BCUT2D eigenvalue weighted by Crippen LogP contribution is 2.21. The van der Waals surface area contributed by atoms with Gasteiger partial charge in [-0.3, -0.25) is 9.59 Å². The van der Waals surface area contributed by atoms with Crippen LogP contribution in [0.3, 0.4) is 0 Å². The summed E-state index contributed by atoms with van der Waals surface area (Å²) in [5.74, 6) is -1.16. The van der Waals surface area contributed by atoms with Crippen LogP contribution >= 0.6 is 0 Å². The average molecular weight is 405 g/mol. The molecule has 0 bridgehead atoms. The van der Waals surface area contributed by atoms with Crippen molar-refractivity contribution in [2.45, 2.75) is 39.7 Å². The number of rotatable bonds is 6. The maximum atomic E-state index is 14.0. The number of anilines is 2. The molecule has 0 aliphatic rings. The lowest BCUT2D eigenvalue weighted by Crippen LogP contribution is -2.34. The third kappa shape index (κ3) is 6.95. The highest BCUT2D eigenvalue weighted by atomic mass is 19.1. The number of alkyl carbamates (subject to hydrolysis) is 1. The summed E-state index contributed by atoms with van der Waals surface area (Å²) in [6.45, 7) is 6.90. The number of carbonyl (C=O) groups is 3. The molecule has 0 saturated heterocycles. The topological polar surface area (TPSA) is 110 Å². The van der Waals surface area contributed by atoms with Crippen molar-refractivity contribution in [2.75, 3.05) is 17.2 Å². The molecule has 9 heteroatoms. The molecular formula is C20H24FN3O5. The predicted molar refractivity (Wildman–Crippen MR) is 105 cm³/mol. The lowest BCUT2D eigenvalue weighted by molar-refractivity contribution is -0.116. The van der Waals surface area contributed by atoms with Crippen LogP contribution in [-0.4, -0.2) is 30.1 Å². The Morgan fingerprint density at radius 3 is 2.48 bits per heavy atom. The number of aryl methyl sites for hydroxylation is 1. The molecule has 0 saturated carbocycles. The van der Waals surface area contributed by atoms with E-state index in [4.69, 9.17) is 9.15 Å². The summed E-state index contributed by atoms with van der Waals surface area (Å²) in [4.78, 5) is 35.8. The summed E-state index contributed by atoms with van der Waals surface area (Å²) in [7, 11) is 0. The molecule has 0 fully saturated rings. The Morgan fingerprint density at radius 2 is 1.86 bits per heavy atom. The van der Waals surface area contributed by atoms with Gasteiger partial charge in [0, 0.05) is 18.7 Å². The standard InChI is InChI=1S/C20H24FN3O5/c1-12-14(8-10-28-12)18(26)24-16-11-13(5-6-15(16)21)23-17(25)7-9-22-19(27)29-20(2,3)4/h5-6,8,10-11H,7,9H2,1-4H3,(H,22,27)(H,23,25)(H,24,26). The van der Waals surface area contributed by atoms with Crippen LogP contribution in [-0.2, 0) is 9.53 Å². The molecule has 1 aromatic heterocycles. The molecule has 3 N–H and O–H groups in total. The maximum absolute atomic E-state index is 14.0. The molecule has 0 aliphatic heterocycles. The first-order valence-electron chi connectivity index (χ1n) is 8.97. The summed E-state index contributed by atoms with van der Waals surface area (Å²) in [6.07, 6.45) is 0.737. The molecule has 2 aromatic rings. The molecule has 0 unspecified atom stereocenters. The van der Waals surface area contributed by atoms with Crippen LogP contribution in [0, 0.1) is 12.7 Å². The third-order valence-corrected chi connectivity index (χ3v) is 3.62. The molecule has 8 nitrogen and oxygen atoms in total. The smallest absolute Gasteiger partial charge is 0.407 e. The van der Waals surface area contributed by atoms with Crippen LogP contribution < -0.4 is 16.0 Å². The van der Waals surface area contributed by atoms with Gasteiger partial charge in [-0.05, 0) is 52.0 Å². The average Bonchev–Trinajstić information content (AvgIpc) is 3.02. The van der Waals surface area contributed by atoms with Gasteiger partial charge < -0.3 is 25.1 Å². The molecule has 3 amide bonds. The van der Waals surface area contributed by atoms with Gasteiger partial charge in [0.05, 0.1) is 17.5 Å². The number of hydrogen-bond acceptors (Lipinski definition) is 5. The first-order valence-corrected chi connectivity index (χ1v) is 8.97. The molecule has 29 heavy (non-hydrogen) atoms. The molecule has 156 valence electrons. The Kier molecular flexibility index (Phi) is 6.98. The van der Waals surface area contributed by atoms with E-state index in [1.165, 1.54) is 24.5 Å². The Bertz CT molecular complexity index is 902. The van der Waals surface area contributed by atoms with E-state index in [0.717, 1.165) is 6.07 Å². The van der Waals surface area contributed by atoms with E-state index < -0.39 is 29.3 Å². The van der Waals surface area contributed by atoms with Gasteiger partial charge in [-0.15, -0.1) is 0 Å². The second-order valence-electron chi connectivity index (χ2n) is 7.27. The fraction of sp³-hybridized carbons (Fsp3) is 0.350. The minimum atomic E-state index is -0.649. The van der Waals surface area contributed by atoms with E-state index in [2.05, 4.69) is 16.0 Å². The van der Waals surface area contributed by atoms with Crippen LogP contribution in [0.1, 0.15) is 43.3 Å². The fourth-order valence-corrected chi connectivity index (χ4v) is 2.32. The van der Waals surface area contributed by atoms with Gasteiger partial charge >= 0.3 is 6.09 Å². The summed E-state index contributed by atoms with van der Waals surface area (Å²) in [6, 6.07) is 5.29. The minimum absolute atomic E-state index is 0.00741. The van der Waals surface area contributed by atoms with Crippen molar-refractivity contribution in [1.29, 1.82) is 0 Å². The molecule has 0 aliphatic carbocycles. The van der Waals surface area contributed by atoms with Gasteiger partial charge in [0.15, 0.2) is 0 Å². The number of carbonyl (C=O) groups excluding carboxylic acids is 3. The summed E-state index contributed by atoms with van der Waals surface area (Å²) >= 11 is 0. The summed E-state index contributed by atoms with van der Waals surface area (Å²) in [5, 5.41) is 7.51. The van der Waals surface area contributed by atoms with Crippen LogP contribution in [0.25, 0.3) is 0 Å². The van der Waals surface area contributed by atoms with E-state index in [-0.39, 0.29) is 24.2 Å². The lowest BCUT2D eigenvalue weighted by atomic mass is 10.2. The SMILES string of the molecule is Cc1occc1C(=O)Nc1cc(NC(=O)CCNC(=O)OC(C)(C)C)ccc1F. The second kappa shape index (κ2) is 9.22. The number of nitrogens with one attached hydrogen (secondary N) is 3. The fourth-order valence-electron chi connectivity index (χ4n) is 2.32. The predicted octanol–water partition coefficient (Wildman–Crippen LogP) is 3.83. The summed E-state index contributed by atoms with van der Waals surface area (Å²) < 4.78 is 24.2. The zero-order valence-corrected chi connectivity index (χ0v) is 16.7. The molecule has 0 spiro atoms. The Labute approximate surface area is 167 Å². The van der Waals surface area contributed by atoms with Gasteiger partial charge in [0.1, 0.15) is 17.2 Å². The van der Waals surface area contributed by atoms with Crippen molar-refractivity contribution in [1.82, 2.24) is 5.32 Å². The molecule has 0 atom stereocenters. The first-order chi connectivity index (χ1) is 13.5. The Morgan fingerprint density at radius 1 is 1.14 bits per heavy atom. The van der Waals surface area contributed by atoms with E-state index >= 15 is 0 Å². The molecule has 2 rings (SSSR count). The third-order valence-electron chi connectivity index (χ3n) is 3.62. The quantitative estimate of drug-likeness (QED) is 0.677. The van der Waals surface area contributed by atoms with Gasteiger partial charge in [0.2, 0.25) is 5.91 Å². The van der Waals surface area contributed by atoms with Crippen molar-refractivity contribution in [3.8, 4) is 0 Å². The first kappa shape index (κ1) is 21.9. The monoisotopic (exact) mass is 405 g/mol. The second-order valence-corrected chi connectivity index (χ2v) is 7.27. The number of furan rings is 1. The van der Waals surface area contributed by atoms with Crippen molar-refractivity contribution < 1.29 is 27.9 Å². The maximum Gasteiger partial charge on any atom is 0.407 e. The van der Waals surface area contributed by atoms with Gasteiger partial charge in [-0.1, -0.05) is 0 Å². The van der Waals surface area contributed by atoms with Crippen LogP contribution in [0.4, 0.5) is 20.6 Å². The minimum Gasteiger partial charge on any atom is -0.469 e. The van der Waals surface area contributed by atoms with Crippen LogP contribution in [0.15, 0.2) is 34.9 Å². The highest BCUT2D eigenvalue weighted by Gasteiger charge is 2.17. The van der Waals surface area contributed by atoms with Crippen LogP contribution in [0.5, 0.6) is 0 Å². The van der Waals surface area contributed by atoms with Gasteiger partial charge in [0.25, 0.3) is 5.91 Å². The zero-order chi connectivity index (χ0) is 21.6. The van der Waals surface area contributed by atoms with Crippen molar-refractivity contribution in [2.24, 2.45) is 0 Å². The molecular weight excluding hydrogens is 381 g/mol. The normalized spacial score (nSPS) is 10.9. The molecule has 0 radical (unpaired) electrons. The van der Waals surface area contributed by atoms with Crippen molar-refractivity contribution >= 4 is 29.3 Å². The number of amides is 3. The Balaban J connectivity index is 1.90. The van der Waals surface area contributed by atoms with Gasteiger partial charge in [-0.2, -0.15) is 0 Å².